The standard InChI is InChI=1S/C34H37F4N3O/c1-22(2)33(17-16-24-12-13-24,26-9-5-4-6-10-26)27-14-15-29(35)30(20-27)41-32(42)23(3)18-31(34(36,37)38)40-28-11-7-8-25(19-28)21-39/h4-11,14-15,18-20,22,24H,12-13,16-17,21,39H2,1-3H3,(H,41,42)/b23-18+,40-31?. The number of nitrogens with zero attached hydrogens (tertiary/aromatic N) is 1. The molecule has 4 rings (SSSR count). The fourth-order valence-corrected chi connectivity index (χ4v) is 5.44. The number of nitrogens with one attached hydrogen (secondary N) is 1. The first kappa shape index (κ1) is 31.2. The van der Waals surface area contributed by atoms with Gasteiger partial charge in [-0.1, -0.05) is 75.2 Å². The van der Waals surface area contributed by atoms with Crippen LogP contribution in [0.1, 0.15) is 63.1 Å². The molecular weight excluding hydrogens is 542 g/mol. The van der Waals surface area contributed by atoms with Gasteiger partial charge in [0.2, 0.25) is 0 Å². The van der Waals surface area contributed by atoms with Crippen molar-refractivity contribution in [3.05, 3.63) is 107 Å². The summed E-state index contributed by atoms with van der Waals surface area (Å²) in [6.45, 7) is 5.66. The molecule has 3 aromatic rings. The number of allylic oxidation sites excluding steroid dienone is 1. The normalized spacial score (nSPS) is 15.9. The first-order valence-corrected chi connectivity index (χ1v) is 14.2. The zero-order valence-corrected chi connectivity index (χ0v) is 24.1. The van der Waals surface area contributed by atoms with Gasteiger partial charge in [0.25, 0.3) is 5.91 Å². The van der Waals surface area contributed by atoms with Crippen LogP contribution in [0.4, 0.5) is 28.9 Å². The summed E-state index contributed by atoms with van der Waals surface area (Å²) in [6, 6.07) is 20.9. The Morgan fingerprint density at radius 2 is 1.74 bits per heavy atom. The maximum Gasteiger partial charge on any atom is 0.433 e. The van der Waals surface area contributed by atoms with Gasteiger partial charge in [-0.25, -0.2) is 9.38 Å². The van der Waals surface area contributed by atoms with E-state index in [0.29, 0.717) is 17.6 Å². The lowest BCUT2D eigenvalue weighted by molar-refractivity contribution is -0.112. The van der Waals surface area contributed by atoms with Crippen molar-refractivity contribution in [3.63, 3.8) is 0 Å². The molecule has 1 atom stereocenters. The molecule has 1 unspecified atom stereocenters. The van der Waals surface area contributed by atoms with E-state index in [0.717, 1.165) is 24.0 Å². The van der Waals surface area contributed by atoms with Crippen molar-refractivity contribution in [2.75, 3.05) is 5.32 Å². The number of alkyl halides is 3. The lowest BCUT2D eigenvalue weighted by atomic mass is 9.64. The molecule has 1 aliphatic carbocycles. The third kappa shape index (κ3) is 7.34. The fraction of sp³-hybridized carbons (Fsp3) is 0.353. The first-order valence-electron chi connectivity index (χ1n) is 14.2. The van der Waals surface area contributed by atoms with Crippen molar-refractivity contribution in [1.82, 2.24) is 0 Å². The summed E-state index contributed by atoms with van der Waals surface area (Å²) >= 11 is 0. The number of anilines is 1. The van der Waals surface area contributed by atoms with E-state index < -0.39 is 29.0 Å². The quantitative estimate of drug-likeness (QED) is 0.136. The second kappa shape index (κ2) is 13.0. The number of rotatable bonds is 11. The van der Waals surface area contributed by atoms with E-state index in [-0.39, 0.29) is 29.4 Å². The number of hydrogen-bond donors (Lipinski definition) is 2. The topological polar surface area (TPSA) is 67.5 Å². The van der Waals surface area contributed by atoms with Gasteiger partial charge in [0.15, 0.2) is 0 Å². The fourth-order valence-electron chi connectivity index (χ4n) is 5.44. The molecule has 42 heavy (non-hydrogen) atoms. The van der Waals surface area contributed by atoms with Gasteiger partial charge in [0.1, 0.15) is 11.5 Å². The zero-order valence-electron chi connectivity index (χ0n) is 24.1. The van der Waals surface area contributed by atoms with E-state index in [9.17, 15) is 18.0 Å². The number of nitrogens with two attached hydrogens (primary N) is 1. The summed E-state index contributed by atoms with van der Waals surface area (Å²) in [7, 11) is 0. The Balaban J connectivity index is 1.67. The van der Waals surface area contributed by atoms with E-state index in [1.54, 1.807) is 24.3 Å². The van der Waals surface area contributed by atoms with Crippen LogP contribution in [0.25, 0.3) is 0 Å². The molecule has 222 valence electrons. The van der Waals surface area contributed by atoms with E-state index >= 15 is 4.39 Å². The van der Waals surface area contributed by atoms with Crippen LogP contribution in [0.3, 0.4) is 0 Å². The summed E-state index contributed by atoms with van der Waals surface area (Å²) in [4.78, 5) is 16.8. The van der Waals surface area contributed by atoms with Crippen LogP contribution in [0, 0.1) is 17.7 Å². The summed E-state index contributed by atoms with van der Waals surface area (Å²) in [5.74, 6) is -0.693. The van der Waals surface area contributed by atoms with Gasteiger partial charge in [-0.2, -0.15) is 13.2 Å². The highest BCUT2D eigenvalue weighted by Gasteiger charge is 2.39. The predicted molar refractivity (Wildman–Crippen MR) is 160 cm³/mol. The minimum Gasteiger partial charge on any atom is -0.326 e. The molecule has 0 aromatic heterocycles. The molecule has 1 amide bonds. The number of aliphatic imine (C=N–C) groups is 1. The van der Waals surface area contributed by atoms with Crippen LogP contribution in [-0.2, 0) is 16.8 Å². The van der Waals surface area contributed by atoms with E-state index in [2.05, 4.69) is 36.3 Å². The van der Waals surface area contributed by atoms with Crippen molar-refractivity contribution in [2.24, 2.45) is 22.6 Å². The average molecular weight is 580 g/mol. The van der Waals surface area contributed by atoms with E-state index in [1.807, 2.05) is 18.2 Å². The lowest BCUT2D eigenvalue weighted by Crippen LogP contribution is -2.34. The van der Waals surface area contributed by atoms with Crippen LogP contribution in [0.15, 0.2) is 89.4 Å². The van der Waals surface area contributed by atoms with E-state index in [1.165, 1.54) is 38.0 Å². The average Bonchev–Trinajstić information content (AvgIpc) is 3.79. The third-order valence-electron chi connectivity index (χ3n) is 8.05. The number of benzene rings is 3. The van der Waals surface area contributed by atoms with Crippen LogP contribution in [-0.4, -0.2) is 17.8 Å². The Morgan fingerprint density at radius 1 is 1.02 bits per heavy atom. The molecule has 0 bridgehead atoms. The third-order valence-corrected chi connectivity index (χ3v) is 8.05. The van der Waals surface area contributed by atoms with Gasteiger partial charge in [0.05, 0.1) is 11.4 Å². The molecule has 3 N–H and O–H groups in total. The summed E-state index contributed by atoms with van der Waals surface area (Å²) < 4.78 is 56.7. The zero-order chi connectivity index (χ0) is 30.5. The summed E-state index contributed by atoms with van der Waals surface area (Å²) in [5.41, 5.74) is 6.19. The Hall–Kier alpha value is -3.78. The number of hydrogen-bond acceptors (Lipinski definition) is 3. The smallest absolute Gasteiger partial charge is 0.326 e. The van der Waals surface area contributed by atoms with Crippen molar-refractivity contribution in [1.29, 1.82) is 0 Å². The molecule has 1 aliphatic rings. The SMILES string of the molecule is C/C(=C\C(=Nc1cccc(CN)c1)C(F)(F)F)C(=O)Nc1cc(C(CCC2CC2)(c2ccccc2)C(C)C)ccc1F. The largest absolute Gasteiger partial charge is 0.433 e. The molecule has 1 fully saturated rings. The van der Waals surface area contributed by atoms with Crippen LogP contribution in [0.2, 0.25) is 0 Å². The van der Waals surface area contributed by atoms with Crippen LogP contribution >= 0.6 is 0 Å². The van der Waals surface area contributed by atoms with Crippen LogP contribution < -0.4 is 11.1 Å². The van der Waals surface area contributed by atoms with Crippen molar-refractivity contribution < 1.29 is 22.4 Å². The minimum atomic E-state index is -4.82. The van der Waals surface area contributed by atoms with Gasteiger partial charge in [-0.05, 0) is 78.6 Å². The maximum atomic E-state index is 15.1. The molecule has 4 nitrogen and oxygen atoms in total. The second-order valence-corrected chi connectivity index (χ2v) is 11.3. The summed E-state index contributed by atoms with van der Waals surface area (Å²) in [5, 5.41) is 2.51. The molecule has 3 aromatic carbocycles. The lowest BCUT2D eigenvalue weighted by Gasteiger charge is -2.40. The molecule has 0 spiro atoms. The monoisotopic (exact) mass is 579 g/mol. The molecule has 0 radical (unpaired) electrons. The van der Waals surface area contributed by atoms with Gasteiger partial charge in [0, 0.05) is 17.5 Å². The molecular formula is C34H37F4N3O. The van der Waals surface area contributed by atoms with Gasteiger partial charge in [-0.3, -0.25) is 4.79 Å². The van der Waals surface area contributed by atoms with E-state index in [4.69, 9.17) is 5.73 Å². The molecule has 0 saturated heterocycles. The van der Waals surface area contributed by atoms with Crippen molar-refractivity contribution in [3.8, 4) is 0 Å². The molecule has 1 saturated carbocycles. The van der Waals surface area contributed by atoms with Gasteiger partial charge >= 0.3 is 6.18 Å². The Labute approximate surface area is 244 Å². The maximum absolute atomic E-state index is 15.1. The Bertz CT molecular complexity index is 1460. The number of carbonyl (C=O) groups is 1. The highest BCUT2D eigenvalue weighted by Crippen LogP contribution is 2.47. The highest BCUT2D eigenvalue weighted by molar-refractivity contribution is 6.10. The number of amides is 1. The molecule has 8 heteroatoms. The highest BCUT2D eigenvalue weighted by atomic mass is 19.4. The number of carbonyl (C=O) groups excluding carboxylic acids is 1. The van der Waals surface area contributed by atoms with Gasteiger partial charge in [-0.15, -0.1) is 0 Å². The van der Waals surface area contributed by atoms with Crippen molar-refractivity contribution >= 4 is 23.0 Å². The first-order chi connectivity index (χ1) is 19.9. The van der Waals surface area contributed by atoms with Crippen LogP contribution in [0.5, 0.6) is 0 Å². The second-order valence-electron chi connectivity index (χ2n) is 11.3. The minimum absolute atomic E-state index is 0.0608. The molecule has 0 aliphatic heterocycles. The Morgan fingerprint density at radius 3 is 2.36 bits per heavy atom. The van der Waals surface area contributed by atoms with Crippen molar-refractivity contribution in [2.45, 2.75) is 64.6 Å². The number of halogens is 4. The predicted octanol–water partition coefficient (Wildman–Crippen LogP) is 8.64. The van der Waals surface area contributed by atoms with Gasteiger partial charge < -0.3 is 11.1 Å². The summed E-state index contributed by atoms with van der Waals surface area (Å²) in [6.07, 6.45) is 0.154. The molecule has 0 heterocycles. The Kier molecular flexibility index (Phi) is 9.67.